The van der Waals surface area contributed by atoms with Gasteiger partial charge >= 0.3 is 0 Å². The van der Waals surface area contributed by atoms with Crippen LogP contribution in [0.4, 0.5) is 0 Å². The highest BCUT2D eigenvalue weighted by molar-refractivity contribution is 4.98. The standard InChI is InChI=1S/C16H25N5O/c1-11(2)15-18-16(22-19-15)12(3)20(4)9-13-5-6-14-17-7-8-21(14)10-13/h7-8,11-13H,5-6,9-10H2,1-4H3/t12-,13-/m0/s1. The second kappa shape index (κ2) is 6.20. The van der Waals surface area contributed by atoms with E-state index in [-0.39, 0.29) is 6.04 Å². The molecule has 120 valence electrons. The van der Waals surface area contributed by atoms with E-state index in [0.717, 1.165) is 25.3 Å². The molecule has 1 aliphatic rings. The molecule has 0 N–H and O–H groups in total. The minimum Gasteiger partial charge on any atom is -0.338 e. The van der Waals surface area contributed by atoms with Crippen LogP contribution in [0.15, 0.2) is 16.9 Å². The zero-order valence-electron chi connectivity index (χ0n) is 13.9. The van der Waals surface area contributed by atoms with Gasteiger partial charge in [-0.25, -0.2) is 4.98 Å². The van der Waals surface area contributed by atoms with Gasteiger partial charge in [0, 0.05) is 37.8 Å². The van der Waals surface area contributed by atoms with E-state index in [0.29, 0.717) is 17.7 Å². The molecule has 0 aliphatic carbocycles. The van der Waals surface area contributed by atoms with Crippen molar-refractivity contribution in [3.05, 3.63) is 29.9 Å². The summed E-state index contributed by atoms with van der Waals surface area (Å²) in [6, 6.07) is 0.143. The monoisotopic (exact) mass is 303 g/mol. The van der Waals surface area contributed by atoms with E-state index in [1.54, 1.807) is 0 Å². The zero-order valence-corrected chi connectivity index (χ0v) is 13.9. The molecule has 0 radical (unpaired) electrons. The Kier molecular flexibility index (Phi) is 4.29. The summed E-state index contributed by atoms with van der Waals surface area (Å²) in [5, 5.41) is 4.06. The Morgan fingerprint density at radius 1 is 1.41 bits per heavy atom. The molecule has 0 fully saturated rings. The van der Waals surface area contributed by atoms with Crippen molar-refractivity contribution < 1.29 is 4.52 Å². The Balaban J connectivity index is 1.60. The lowest BCUT2D eigenvalue weighted by Crippen LogP contribution is -2.33. The van der Waals surface area contributed by atoms with Crippen molar-refractivity contribution in [3.63, 3.8) is 0 Å². The fourth-order valence-electron chi connectivity index (χ4n) is 2.99. The number of aromatic nitrogens is 4. The molecule has 3 heterocycles. The average molecular weight is 303 g/mol. The van der Waals surface area contributed by atoms with E-state index in [9.17, 15) is 0 Å². The second-order valence-corrected chi connectivity index (χ2v) is 6.66. The summed E-state index contributed by atoms with van der Waals surface area (Å²) < 4.78 is 7.70. The van der Waals surface area contributed by atoms with Crippen molar-refractivity contribution in [2.24, 2.45) is 5.92 Å². The molecule has 0 unspecified atom stereocenters. The summed E-state index contributed by atoms with van der Waals surface area (Å²) in [7, 11) is 2.13. The number of rotatable bonds is 5. The van der Waals surface area contributed by atoms with Gasteiger partial charge in [0.25, 0.3) is 0 Å². The molecular formula is C16H25N5O. The van der Waals surface area contributed by atoms with Crippen molar-refractivity contribution >= 4 is 0 Å². The van der Waals surface area contributed by atoms with Gasteiger partial charge in [-0.2, -0.15) is 4.98 Å². The quantitative estimate of drug-likeness (QED) is 0.850. The van der Waals surface area contributed by atoms with Gasteiger partial charge in [-0.15, -0.1) is 0 Å². The van der Waals surface area contributed by atoms with Crippen LogP contribution in [0, 0.1) is 5.92 Å². The van der Waals surface area contributed by atoms with E-state index in [1.165, 1.54) is 12.2 Å². The molecule has 0 spiro atoms. The molecule has 22 heavy (non-hydrogen) atoms. The third-order valence-electron chi connectivity index (χ3n) is 4.57. The highest BCUT2D eigenvalue weighted by atomic mass is 16.5. The van der Waals surface area contributed by atoms with Crippen molar-refractivity contribution in [2.75, 3.05) is 13.6 Å². The lowest BCUT2D eigenvalue weighted by molar-refractivity contribution is 0.165. The predicted molar refractivity (Wildman–Crippen MR) is 83.5 cm³/mol. The molecule has 1 aliphatic heterocycles. The molecule has 0 aromatic carbocycles. The number of imidazole rings is 1. The third kappa shape index (κ3) is 3.06. The van der Waals surface area contributed by atoms with Crippen molar-refractivity contribution in [1.29, 1.82) is 0 Å². The van der Waals surface area contributed by atoms with Crippen LogP contribution in [-0.4, -0.2) is 38.2 Å². The molecule has 3 rings (SSSR count). The van der Waals surface area contributed by atoms with E-state index < -0.39 is 0 Å². The molecule has 0 amide bonds. The van der Waals surface area contributed by atoms with E-state index in [2.05, 4.69) is 58.6 Å². The van der Waals surface area contributed by atoms with Gasteiger partial charge in [0.1, 0.15) is 5.82 Å². The number of hydrogen-bond acceptors (Lipinski definition) is 5. The smallest absolute Gasteiger partial charge is 0.243 e. The first kappa shape index (κ1) is 15.2. The summed E-state index contributed by atoms with van der Waals surface area (Å²) in [4.78, 5) is 11.2. The first-order chi connectivity index (χ1) is 10.5. The number of aryl methyl sites for hydroxylation is 1. The molecule has 6 heteroatoms. The largest absolute Gasteiger partial charge is 0.338 e. The maximum atomic E-state index is 5.42. The van der Waals surface area contributed by atoms with Gasteiger partial charge in [-0.3, -0.25) is 4.90 Å². The summed E-state index contributed by atoms with van der Waals surface area (Å²) in [5.41, 5.74) is 0. The van der Waals surface area contributed by atoms with Gasteiger partial charge in [0.2, 0.25) is 5.89 Å². The van der Waals surface area contributed by atoms with Gasteiger partial charge in [-0.1, -0.05) is 19.0 Å². The maximum Gasteiger partial charge on any atom is 0.243 e. The van der Waals surface area contributed by atoms with E-state index in [4.69, 9.17) is 4.52 Å². The first-order valence-electron chi connectivity index (χ1n) is 8.08. The van der Waals surface area contributed by atoms with Crippen molar-refractivity contribution in [2.45, 2.75) is 52.1 Å². The van der Waals surface area contributed by atoms with E-state index in [1.807, 2.05) is 6.20 Å². The van der Waals surface area contributed by atoms with Crippen molar-refractivity contribution in [1.82, 2.24) is 24.6 Å². The molecule has 0 saturated heterocycles. The first-order valence-corrected chi connectivity index (χ1v) is 8.08. The Hall–Kier alpha value is -1.69. The Bertz CT molecular complexity index is 618. The highest BCUT2D eigenvalue weighted by Gasteiger charge is 2.25. The number of nitrogens with zero attached hydrogens (tertiary/aromatic N) is 5. The van der Waals surface area contributed by atoms with Crippen LogP contribution < -0.4 is 0 Å². The zero-order chi connectivity index (χ0) is 15.7. The van der Waals surface area contributed by atoms with Gasteiger partial charge in [0.15, 0.2) is 5.82 Å². The van der Waals surface area contributed by atoms with Crippen LogP contribution in [0.3, 0.4) is 0 Å². The normalized spacial score (nSPS) is 19.6. The summed E-state index contributed by atoms with van der Waals surface area (Å²) in [6.07, 6.45) is 6.24. The molecule has 2 aromatic rings. The third-order valence-corrected chi connectivity index (χ3v) is 4.57. The fraction of sp³-hybridized carbons (Fsp3) is 0.688. The van der Waals surface area contributed by atoms with Gasteiger partial charge < -0.3 is 9.09 Å². The molecule has 6 nitrogen and oxygen atoms in total. The second-order valence-electron chi connectivity index (χ2n) is 6.66. The lowest BCUT2D eigenvalue weighted by Gasteiger charge is -2.30. The van der Waals surface area contributed by atoms with Crippen LogP contribution in [0.5, 0.6) is 0 Å². The topological polar surface area (TPSA) is 60.0 Å². The van der Waals surface area contributed by atoms with Crippen LogP contribution in [0.1, 0.15) is 56.7 Å². The van der Waals surface area contributed by atoms with E-state index >= 15 is 0 Å². The highest BCUT2D eigenvalue weighted by Crippen LogP contribution is 2.24. The summed E-state index contributed by atoms with van der Waals surface area (Å²) in [6.45, 7) is 8.36. The Morgan fingerprint density at radius 2 is 2.23 bits per heavy atom. The molecule has 2 aromatic heterocycles. The summed E-state index contributed by atoms with van der Waals surface area (Å²) >= 11 is 0. The molecule has 2 atom stereocenters. The molecule has 0 saturated carbocycles. The van der Waals surface area contributed by atoms with Crippen LogP contribution >= 0.6 is 0 Å². The lowest BCUT2D eigenvalue weighted by atomic mass is 9.98. The molecule has 0 bridgehead atoms. The Labute approximate surface area is 131 Å². The number of hydrogen-bond donors (Lipinski definition) is 0. The van der Waals surface area contributed by atoms with Gasteiger partial charge in [0.05, 0.1) is 6.04 Å². The minimum absolute atomic E-state index is 0.143. The van der Waals surface area contributed by atoms with Gasteiger partial charge in [-0.05, 0) is 26.3 Å². The minimum atomic E-state index is 0.143. The maximum absolute atomic E-state index is 5.42. The average Bonchev–Trinajstić information content (AvgIpc) is 3.15. The molecular weight excluding hydrogens is 278 g/mol. The van der Waals surface area contributed by atoms with Crippen LogP contribution in [-0.2, 0) is 13.0 Å². The SMILES string of the molecule is CC(C)c1noc([C@H](C)N(C)C[C@@H]2CCc3nccn3C2)n1. The predicted octanol–water partition coefficient (Wildman–Crippen LogP) is 2.64. The summed E-state index contributed by atoms with van der Waals surface area (Å²) in [5.74, 6) is 3.65. The van der Waals surface area contributed by atoms with Crippen LogP contribution in [0.2, 0.25) is 0 Å². The Morgan fingerprint density at radius 3 is 2.95 bits per heavy atom. The number of fused-ring (bicyclic) bond motifs is 1. The fourth-order valence-corrected chi connectivity index (χ4v) is 2.99. The van der Waals surface area contributed by atoms with Crippen molar-refractivity contribution in [3.8, 4) is 0 Å². The van der Waals surface area contributed by atoms with Crippen LogP contribution in [0.25, 0.3) is 0 Å².